The molecule has 0 spiro atoms. The quantitative estimate of drug-likeness (QED) is 0.551. The van der Waals surface area contributed by atoms with Gasteiger partial charge < -0.3 is 25.2 Å². The minimum Gasteiger partial charge on any atom is -0.380 e. The third-order valence-electron chi connectivity index (χ3n) is 6.84. The van der Waals surface area contributed by atoms with Crippen LogP contribution < -0.4 is 15.5 Å². The van der Waals surface area contributed by atoms with Crippen molar-refractivity contribution in [3.8, 4) is 0 Å². The van der Waals surface area contributed by atoms with Gasteiger partial charge in [-0.25, -0.2) is 4.98 Å². The maximum absolute atomic E-state index is 12.7. The Morgan fingerprint density at radius 1 is 1.21 bits per heavy atom. The lowest BCUT2D eigenvalue weighted by molar-refractivity contribution is 0.0957. The fourth-order valence-electron chi connectivity index (χ4n) is 4.89. The molecule has 1 amide bonds. The van der Waals surface area contributed by atoms with E-state index in [9.17, 15) is 4.79 Å². The molecule has 0 radical (unpaired) electrons. The van der Waals surface area contributed by atoms with Gasteiger partial charge in [0.25, 0.3) is 5.91 Å². The summed E-state index contributed by atoms with van der Waals surface area (Å²) in [6.45, 7) is 5.68. The Bertz CT molecular complexity index is 956. The van der Waals surface area contributed by atoms with E-state index < -0.39 is 0 Å². The summed E-state index contributed by atoms with van der Waals surface area (Å²) in [7, 11) is 5.81. The van der Waals surface area contributed by atoms with Crippen molar-refractivity contribution in [1.29, 1.82) is 0 Å². The summed E-state index contributed by atoms with van der Waals surface area (Å²) >= 11 is 0. The van der Waals surface area contributed by atoms with Crippen LogP contribution in [-0.4, -0.2) is 90.1 Å². The van der Waals surface area contributed by atoms with Gasteiger partial charge in [0.15, 0.2) is 11.5 Å². The number of carbonyl (C=O) groups excluding carboxylic acids is 1. The highest BCUT2D eigenvalue weighted by Crippen LogP contribution is 2.30. The monoisotopic (exact) mass is 458 g/mol. The fourth-order valence-corrected chi connectivity index (χ4v) is 4.89. The van der Waals surface area contributed by atoms with Crippen LogP contribution in [0.3, 0.4) is 0 Å². The van der Waals surface area contributed by atoms with Gasteiger partial charge in [0, 0.05) is 39.3 Å². The van der Waals surface area contributed by atoms with Crippen molar-refractivity contribution in [3.05, 3.63) is 5.69 Å². The third kappa shape index (κ3) is 5.22. The van der Waals surface area contributed by atoms with Gasteiger partial charge in [-0.05, 0) is 39.8 Å². The van der Waals surface area contributed by atoms with Gasteiger partial charge in [0.05, 0.1) is 13.2 Å². The molecule has 10 nitrogen and oxygen atoms in total. The molecule has 1 aliphatic carbocycles. The van der Waals surface area contributed by atoms with Gasteiger partial charge in [-0.3, -0.25) is 9.48 Å². The SMILES string of the molecule is CCOCCn1nc(C(=O)NC)c2nc(N(C)[C@H]3CCN(C)C3)nc(NC3CCCCC3)c21. The topological polar surface area (TPSA) is 100 Å². The summed E-state index contributed by atoms with van der Waals surface area (Å²) in [4.78, 5) is 27.1. The molecular formula is C23H38N8O2. The van der Waals surface area contributed by atoms with Crippen LogP contribution in [0.2, 0.25) is 0 Å². The van der Waals surface area contributed by atoms with Crippen molar-refractivity contribution in [2.24, 2.45) is 0 Å². The van der Waals surface area contributed by atoms with E-state index in [1.165, 1.54) is 19.3 Å². The highest BCUT2D eigenvalue weighted by atomic mass is 16.5. The Hall–Kier alpha value is -2.46. The molecule has 2 aromatic rings. The van der Waals surface area contributed by atoms with E-state index in [1.54, 1.807) is 7.05 Å². The molecule has 0 aromatic carbocycles. The zero-order chi connectivity index (χ0) is 23.4. The average molecular weight is 459 g/mol. The Kier molecular flexibility index (Phi) is 7.64. The Morgan fingerprint density at radius 2 is 2.00 bits per heavy atom. The van der Waals surface area contributed by atoms with Gasteiger partial charge in [0.2, 0.25) is 5.95 Å². The van der Waals surface area contributed by atoms with Crippen molar-refractivity contribution < 1.29 is 9.53 Å². The molecule has 2 fully saturated rings. The van der Waals surface area contributed by atoms with E-state index in [4.69, 9.17) is 14.7 Å². The van der Waals surface area contributed by atoms with Crippen molar-refractivity contribution in [2.75, 3.05) is 57.7 Å². The summed E-state index contributed by atoms with van der Waals surface area (Å²) < 4.78 is 7.40. The predicted octanol–water partition coefficient (Wildman–Crippen LogP) is 2.11. The van der Waals surface area contributed by atoms with Gasteiger partial charge in [-0.2, -0.15) is 10.1 Å². The number of likely N-dealkylation sites (tertiary alicyclic amines) is 1. The van der Waals surface area contributed by atoms with Gasteiger partial charge in [-0.1, -0.05) is 19.3 Å². The van der Waals surface area contributed by atoms with E-state index in [2.05, 4.69) is 39.6 Å². The largest absolute Gasteiger partial charge is 0.380 e. The number of nitrogens with zero attached hydrogens (tertiary/aromatic N) is 6. The average Bonchev–Trinajstić information content (AvgIpc) is 3.43. The van der Waals surface area contributed by atoms with Gasteiger partial charge >= 0.3 is 0 Å². The van der Waals surface area contributed by atoms with Crippen LogP contribution in [0.5, 0.6) is 0 Å². The fraction of sp³-hybridized carbons (Fsp3) is 0.739. The number of carbonyl (C=O) groups is 1. The smallest absolute Gasteiger partial charge is 0.273 e. The zero-order valence-corrected chi connectivity index (χ0v) is 20.4. The first-order chi connectivity index (χ1) is 16.0. The number of amides is 1. The van der Waals surface area contributed by atoms with E-state index in [-0.39, 0.29) is 5.91 Å². The minimum absolute atomic E-state index is 0.244. The molecule has 0 unspecified atom stereocenters. The maximum atomic E-state index is 12.7. The third-order valence-corrected chi connectivity index (χ3v) is 6.84. The number of anilines is 2. The van der Waals surface area contributed by atoms with Crippen molar-refractivity contribution in [2.45, 2.75) is 64.1 Å². The molecule has 4 rings (SSSR count). The van der Waals surface area contributed by atoms with Crippen molar-refractivity contribution in [3.63, 3.8) is 0 Å². The standard InChI is InChI=1S/C23H38N8O2/c1-5-33-14-13-31-20-18(19(28-31)22(32)24-2)26-23(30(4)17-11-12-29(3)15-17)27-21(20)25-16-9-7-6-8-10-16/h16-17H,5-15H2,1-4H3,(H,24,32)(H,25,26,27)/t17-/m0/s1. The van der Waals surface area contributed by atoms with Crippen LogP contribution in [0.4, 0.5) is 11.8 Å². The molecule has 33 heavy (non-hydrogen) atoms. The van der Waals surface area contributed by atoms with Crippen LogP contribution in [-0.2, 0) is 11.3 Å². The van der Waals surface area contributed by atoms with Crippen LogP contribution in [0.1, 0.15) is 55.9 Å². The van der Waals surface area contributed by atoms with Crippen molar-refractivity contribution >= 4 is 28.7 Å². The molecular weight excluding hydrogens is 420 g/mol. The zero-order valence-electron chi connectivity index (χ0n) is 20.4. The number of likely N-dealkylation sites (N-methyl/N-ethyl adjacent to an activating group) is 2. The molecule has 1 saturated heterocycles. The molecule has 2 N–H and O–H groups in total. The van der Waals surface area contributed by atoms with Gasteiger partial charge in [-0.15, -0.1) is 0 Å². The molecule has 2 aromatic heterocycles. The molecule has 2 aliphatic rings. The van der Waals surface area contributed by atoms with Crippen LogP contribution >= 0.6 is 0 Å². The predicted molar refractivity (Wildman–Crippen MR) is 130 cm³/mol. The Morgan fingerprint density at radius 3 is 2.67 bits per heavy atom. The number of aromatic nitrogens is 4. The molecule has 10 heteroatoms. The van der Waals surface area contributed by atoms with E-state index >= 15 is 0 Å². The number of hydrogen-bond donors (Lipinski definition) is 2. The Labute approximate surface area is 196 Å². The molecule has 3 heterocycles. The first kappa shape index (κ1) is 23.7. The number of nitrogens with one attached hydrogen (secondary N) is 2. The second kappa shape index (κ2) is 10.6. The van der Waals surface area contributed by atoms with E-state index in [0.29, 0.717) is 49.0 Å². The minimum atomic E-state index is -0.244. The van der Waals surface area contributed by atoms with E-state index in [0.717, 1.165) is 43.7 Å². The Balaban J connectivity index is 1.79. The van der Waals surface area contributed by atoms with E-state index in [1.807, 2.05) is 11.6 Å². The molecule has 1 aliphatic heterocycles. The first-order valence-electron chi connectivity index (χ1n) is 12.3. The summed E-state index contributed by atoms with van der Waals surface area (Å²) in [5.41, 5.74) is 1.70. The van der Waals surface area contributed by atoms with Crippen LogP contribution in [0.25, 0.3) is 11.0 Å². The number of hydrogen-bond acceptors (Lipinski definition) is 8. The first-order valence-corrected chi connectivity index (χ1v) is 12.3. The second-order valence-corrected chi connectivity index (χ2v) is 9.21. The molecule has 0 bridgehead atoms. The summed E-state index contributed by atoms with van der Waals surface area (Å²) in [5.74, 6) is 1.15. The second-order valence-electron chi connectivity index (χ2n) is 9.21. The summed E-state index contributed by atoms with van der Waals surface area (Å²) in [6, 6.07) is 0.706. The molecule has 1 saturated carbocycles. The molecule has 182 valence electrons. The van der Waals surface area contributed by atoms with Gasteiger partial charge in [0.1, 0.15) is 11.0 Å². The molecule has 1 atom stereocenters. The number of ether oxygens (including phenoxy) is 1. The highest BCUT2D eigenvalue weighted by molar-refractivity contribution is 6.05. The number of fused-ring (bicyclic) bond motifs is 1. The highest BCUT2D eigenvalue weighted by Gasteiger charge is 2.29. The lowest BCUT2D eigenvalue weighted by atomic mass is 9.95. The number of rotatable bonds is 9. The lowest BCUT2D eigenvalue weighted by Gasteiger charge is -2.27. The lowest BCUT2D eigenvalue weighted by Crippen LogP contribution is -2.35. The van der Waals surface area contributed by atoms with Crippen LogP contribution in [0.15, 0.2) is 0 Å². The summed E-state index contributed by atoms with van der Waals surface area (Å²) in [5, 5.41) is 11.1. The van der Waals surface area contributed by atoms with Crippen molar-refractivity contribution in [1.82, 2.24) is 30.0 Å². The summed E-state index contributed by atoms with van der Waals surface area (Å²) in [6.07, 6.45) is 7.04. The maximum Gasteiger partial charge on any atom is 0.273 e. The van der Waals surface area contributed by atoms with Crippen LogP contribution in [0, 0.1) is 0 Å². The normalized spacial score (nSPS) is 19.8.